The van der Waals surface area contributed by atoms with Gasteiger partial charge in [-0.15, -0.1) is 0 Å². The van der Waals surface area contributed by atoms with Crippen molar-refractivity contribution in [3.63, 3.8) is 0 Å². The first-order valence-electron chi connectivity index (χ1n) is 10.7. The van der Waals surface area contributed by atoms with Crippen LogP contribution in [-0.4, -0.2) is 28.2 Å². The third-order valence-electron chi connectivity index (χ3n) is 5.78. The number of nitro benzene ring substituents is 1. The summed E-state index contributed by atoms with van der Waals surface area (Å²) >= 11 is 0. The van der Waals surface area contributed by atoms with Crippen molar-refractivity contribution in [1.82, 2.24) is 4.90 Å². The van der Waals surface area contributed by atoms with E-state index in [2.05, 4.69) is 5.32 Å². The highest BCUT2D eigenvalue weighted by molar-refractivity contribution is 5.94. The van der Waals surface area contributed by atoms with Crippen molar-refractivity contribution < 1.29 is 14.5 Å². The Morgan fingerprint density at radius 1 is 1.09 bits per heavy atom. The standard InChI is InChI=1S/C25H24N4O4/c26-25(31)19-11-12-22(23(14-19)29(32)33)27-15-20-4-1-2-5-21(20)18-9-7-17(8-10-18)16-28-13-3-6-24(28)30/h1-2,4-5,7-12,14,27H,3,6,13,15-16H2,(H2,26,31). The van der Waals surface area contributed by atoms with E-state index >= 15 is 0 Å². The van der Waals surface area contributed by atoms with Gasteiger partial charge in [-0.1, -0.05) is 48.5 Å². The first-order valence-corrected chi connectivity index (χ1v) is 10.7. The van der Waals surface area contributed by atoms with Crippen molar-refractivity contribution in [1.29, 1.82) is 0 Å². The molecule has 3 N–H and O–H groups in total. The molecule has 0 aromatic heterocycles. The van der Waals surface area contributed by atoms with Crippen molar-refractivity contribution >= 4 is 23.2 Å². The Morgan fingerprint density at radius 3 is 2.52 bits per heavy atom. The first kappa shape index (κ1) is 22.0. The van der Waals surface area contributed by atoms with E-state index in [-0.39, 0.29) is 17.2 Å². The number of benzene rings is 3. The number of primary amides is 1. The molecule has 0 unspecified atom stereocenters. The predicted molar refractivity (Wildman–Crippen MR) is 125 cm³/mol. The second kappa shape index (κ2) is 9.52. The van der Waals surface area contributed by atoms with Gasteiger partial charge in [-0.25, -0.2) is 0 Å². The Labute approximate surface area is 191 Å². The SMILES string of the molecule is NC(=O)c1ccc(NCc2ccccc2-c2ccc(CN3CCCC3=O)cc2)c([N+](=O)[O-])c1. The van der Waals surface area contributed by atoms with Crippen LogP contribution in [0.2, 0.25) is 0 Å². The fourth-order valence-corrected chi connectivity index (χ4v) is 4.01. The zero-order chi connectivity index (χ0) is 23.4. The molecule has 8 heteroatoms. The number of hydrogen-bond acceptors (Lipinski definition) is 5. The normalized spacial score (nSPS) is 13.2. The number of anilines is 1. The molecule has 33 heavy (non-hydrogen) atoms. The van der Waals surface area contributed by atoms with Gasteiger partial charge >= 0.3 is 0 Å². The molecular weight excluding hydrogens is 420 g/mol. The molecule has 3 aromatic rings. The van der Waals surface area contributed by atoms with E-state index in [4.69, 9.17) is 5.73 Å². The minimum atomic E-state index is -0.715. The van der Waals surface area contributed by atoms with Crippen molar-refractivity contribution in [3.05, 3.63) is 93.5 Å². The molecule has 1 aliphatic heterocycles. The number of carbonyl (C=O) groups excluding carboxylic acids is 2. The second-order valence-electron chi connectivity index (χ2n) is 7.98. The lowest BCUT2D eigenvalue weighted by molar-refractivity contribution is -0.384. The minimum Gasteiger partial charge on any atom is -0.375 e. The summed E-state index contributed by atoms with van der Waals surface area (Å²) in [6.45, 7) is 1.78. The van der Waals surface area contributed by atoms with Gasteiger partial charge < -0.3 is 16.0 Å². The summed E-state index contributed by atoms with van der Waals surface area (Å²) in [5.74, 6) is -0.513. The van der Waals surface area contributed by atoms with E-state index in [1.807, 2.05) is 53.4 Å². The number of hydrogen-bond donors (Lipinski definition) is 2. The van der Waals surface area contributed by atoms with Gasteiger partial charge in [0.15, 0.2) is 0 Å². The number of nitro groups is 1. The maximum Gasteiger partial charge on any atom is 0.293 e. The van der Waals surface area contributed by atoms with Gasteiger partial charge in [-0.05, 0) is 40.8 Å². The molecule has 0 spiro atoms. The van der Waals surface area contributed by atoms with Gasteiger partial charge in [0.05, 0.1) is 4.92 Å². The Morgan fingerprint density at radius 2 is 1.85 bits per heavy atom. The summed E-state index contributed by atoms with van der Waals surface area (Å²) in [7, 11) is 0. The van der Waals surface area contributed by atoms with E-state index in [1.165, 1.54) is 18.2 Å². The van der Waals surface area contributed by atoms with Crippen LogP contribution in [0.25, 0.3) is 11.1 Å². The lowest BCUT2D eigenvalue weighted by Crippen LogP contribution is -2.23. The smallest absolute Gasteiger partial charge is 0.293 e. The van der Waals surface area contributed by atoms with E-state index < -0.39 is 10.8 Å². The van der Waals surface area contributed by atoms with Crippen molar-refractivity contribution in [2.24, 2.45) is 5.73 Å². The summed E-state index contributed by atoms with van der Waals surface area (Å²) < 4.78 is 0. The number of nitrogens with two attached hydrogens (primary N) is 1. The molecule has 0 radical (unpaired) electrons. The molecule has 0 saturated carbocycles. The third-order valence-corrected chi connectivity index (χ3v) is 5.78. The van der Waals surface area contributed by atoms with Crippen LogP contribution in [-0.2, 0) is 17.9 Å². The van der Waals surface area contributed by atoms with Crippen LogP contribution in [0.3, 0.4) is 0 Å². The maximum atomic E-state index is 11.9. The topological polar surface area (TPSA) is 119 Å². The van der Waals surface area contributed by atoms with Crippen LogP contribution in [0.15, 0.2) is 66.7 Å². The van der Waals surface area contributed by atoms with E-state index in [0.29, 0.717) is 25.2 Å². The highest BCUT2D eigenvalue weighted by atomic mass is 16.6. The molecule has 2 amide bonds. The van der Waals surface area contributed by atoms with Gasteiger partial charge in [0.2, 0.25) is 11.8 Å². The summed E-state index contributed by atoms with van der Waals surface area (Å²) in [5.41, 5.74) is 9.50. The molecule has 3 aromatic carbocycles. The molecular formula is C25H24N4O4. The Hall–Kier alpha value is -4.20. The Kier molecular flexibility index (Phi) is 6.35. The fourth-order valence-electron chi connectivity index (χ4n) is 4.01. The van der Waals surface area contributed by atoms with Crippen LogP contribution < -0.4 is 11.1 Å². The lowest BCUT2D eigenvalue weighted by Gasteiger charge is -2.16. The van der Waals surface area contributed by atoms with Crippen molar-refractivity contribution in [2.75, 3.05) is 11.9 Å². The summed E-state index contributed by atoms with van der Waals surface area (Å²) in [6, 6.07) is 20.1. The van der Waals surface area contributed by atoms with Gasteiger partial charge in [0, 0.05) is 37.7 Å². The summed E-state index contributed by atoms with van der Waals surface area (Å²) in [5, 5.41) is 14.6. The second-order valence-corrected chi connectivity index (χ2v) is 7.98. The number of nitrogens with zero attached hydrogens (tertiary/aromatic N) is 2. The summed E-state index contributed by atoms with van der Waals surface area (Å²) in [6.07, 6.45) is 1.54. The lowest BCUT2D eigenvalue weighted by atomic mass is 9.98. The number of carbonyl (C=O) groups is 2. The van der Waals surface area contributed by atoms with E-state index in [9.17, 15) is 19.7 Å². The maximum absolute atomic E-state index is 11.9. The van der Waals surface area contributed by atoms with Crippen molar-refractivity contribution in [2.45, 2.75) is 25.9 Å². The molecule has 8 nitrogen and oxygen atoms in total. The molecule has 4 rings (SSSR count). The number of nitrogens with one attached hydrogen (secondary N) is 1. The molecule has 0 bridgehead atoms. The molecule has 1 fully saturated rings. The number of amides is 2. The van der Waals surface area contributed by atoms with E-state index in [1.54, 1.807) is 0 Å². The zero-order valence-electron chi connectivity index (χ0n) is 18.0. The minimum absolute atomic E-state index is 0.0865. The van der Waals surface area contributed by atoms with Gasteiger partial charge in [0.1, 0.15) is 5.69 Å². The summed E-state index contributed by atoms with van der Waals surface area (Å²) in [4.78, 5) is 36.0. The first-order chi connectivity index (χ1) is 15.9. The highest BCUT2D eigenvalue weighted by Crippen LogP contribution is 2.29. The molecule has 1 heterocycles. The monoisotopic (exact) mass is 444 g/mol. The van der Waals surface area contributed by atoms with Crippen LogP contribution >= 0.6 is 0 Å². The van der Waals surface area contributed by atoms with Crippen LogP contribution in [0.1, 0.15) is 34.3 Å². The Bertz CT molecular complexity index is 1210. The highest BCUT2D eigenvalue weighted by Gasteiger charge is 2.20. The predicted octanol–water partition coefficient (Wildman–Crippen LogP) is 4.10. The zero-order valence-corrected chi connectivity index (χ0v) is 18.0. The number of likely N-dealkylation sites (tertiary alicyclic amines) is 1. The molecule has 0 aliphatic carbocycles. The van der Waals surface area contributed by atoms with Gasteiger partial charge in [-0.2, -0.15) is 0 Å². The fraction of sp³-hybridized carbons (Fsp3) is 0.200. The molecule has 168 valence electrons. The van der Waals surface area contributed by atoms with Crippen LogP contribution in [0.4, 0.5) is 11.4 Å². The Balaban J connectivity index is 1.52. The molecule has 0 atom stereocenters. The van der Waals surface area contributed by atoms with Gasteiger partial charge in [0.25, 0.3) is 5.69 Å². The van der Waals surface area contributed by atoms with E-state index in [0.717, 1.165) is 35.2 Å². The largest absolute Gasteiger partial charge is 0.375 e. The average Bonchev–Trinajstić information content (AvgIpc) is 3.22. The molecule has 1 aliphatic rings. The average molecular weight is 444 g/mol. The quantitative estimate of drug-likeness (QED) is 0.401. The van der Waals surface area contributed by atoms with Gasteiger partial charge in [-0.3, -0.25) is 19.7 Å². The molecule has 1 saturated heterocycles. The number of rotatable bonds is 8. The third kappa shape index (κ3) is 5.01. The van der Waals surface area contributed by atoms with Crippen LogP contribution in [0.5, 0.6) is 0 Å². The van der Waals surface area contributed by atoms with Crippen molar-refractivity contribution in [3.8, 4) is 11.1 Å². The van der Waals surface area contributed by atoms with Crippen LogP contribution in [0, 0.1) is 10.1 Å².